The first kappa shape index (κ1) is 18.2. The van der Waals surface area contributed by atoms with Crippen LogP contribution < -0.4 is 10.6 Å². The van der Waals surface area contributed by atoms with Crippen molar-refractivity contribution in [3.63, 3.8) is 0 Å². The van der Waals surface area contributed by atoms with Crippen molar-refractivity contribution < 1.29 is 9.47 Å². The minimum Gasteiger partial charge on any atom is -0.380 e. The summed E-state index contributed by atoms with van der Waals surface area (Å²) in [7, 11) is 0. The second-order valence-corrected chi connectivity index (χ2v) is 5.29. The number of benzene rings is 1. The fourth-order valence-electron chi connectivity index (χ4n) is 2.05. The molecule has 1 aromatic carbocycles. The Kier molecular flexibility index (Phi) is 8.69. The van der Waals surface area contributed by atoms with Crippen LogP contribution in [0.25, 0.3) is 0 Å². The summed E-state index contributed by atoms with van der Waals surface area (Å²) >= 11 is 6.41. The minimum absolute atomic E-state index is 0.0168. The van der Waals surface area contributed by atoms with Crippen LogP contribution in [0.3, 0.4) is 0 Å². The van der Waals surface area contributed by atoms with Crippen LogP contribution >= 0.6 is 11.6 Å². The summed E-state index contributed by atoms with van der Waals surface area (Å²) in [4.78, 5) is 2.19. The third kappa shape index (κ3) is 6.22. The lowest BCUT2D eigenvalue weighted by Gasteiger charge is -2.26. The van der Waals surface area contributed by atoms with E-state index in [4.69, 9.17) is 26.8 Å². The molecular formula is C16H27ClN2O2. The Morgan fingerprint density at radius 1 is 1.14 bits per heavy atom. The molecule has 0 aromatic heterocycles. The maximum atomic E-state index is 6.41. The van der Waals surface area contributed by atoms with Gasteiger partial charge in [-0.05, 0) is 38.5 Å². The van der Waals surface area contributed by atoms with Gasteiger partial charge >= 0.3 is 0 Å². The molecule has 1 atom stereocenters. The molecule has 0 radical (unpaired) electrons. The maximum absolute atomic E-state index is 6.41. The first-order valence-electron chi connectivity index (χ1n) is 7.55. The van der Waals surface area contributed by atoms with Crippen LogP contribution in [-0.4, -0.2) is 39.5 Å². The van der Waals surface area contributed by atoms with Crippen LogP contribution in [0.4, 0.5) is 5.69 Å². The van der Waals surface area contributed by atoms with Crippen LogP contribution in [0, 0.1) is 0 Å². The quantitative estimate of drug-likeness (QED) is 0.674. The summed E-state index contributed by atoms with van der Waals surface area (Å²) in [5, 5.41) is 0.720. The number of nitrogens with zero attached hydrogens (tertiary/aromatic N) is 1. The van der Waals surface area contributed by atoms with E-state index in [1.807, 2.05) is 39.0 Å². The molecule has 0 bridgehead atoms. The summed E-state index contributed by atoms with van der Waals surface area (Å²) in [6.45, 7) is 10.3. The van der Waals surface area contributed by atoms with Gasteiger partial charge in [0.25, 0.3) is 0 Å². The summed E-state index contributed by atoms with van der Waals surface area (Å²) in [5.41, 5.74) is 7.93. The average molecular weight is 315 g/mol. The smallest absolute Gasteiger partial charge is 0.0642 e. The maximum Gasteiger partial charge on any atom is 0.0642 e. The Balaban J connectivity index is 2.79. The van der Waals surface area contributed by atoms with Crippen molar-refractivity contribution in [1.82, 2.24) is 0 Å². The lowest BCUT2D eigenvalue weighted by Crippen LogP contribution is -2.31. The first-order valence-corrected chi connectivity index (χ1v) is 7.93. The van der Waals surface area contributed by atoms with Crippen molar-refractivity contribution in [2.45, 2.75) is 26.8 Å². The van der Waals surface area contributed by atoms with E-state index in [1.54, 1.807) is 0 Å². The summed E-state index contributed by atoms with van der Waals surface area (Å²) in [6, 6.07) is 5.98. The van der Waals surface area contributed by atoms with Crippen molar-refractivity contribution in [3.05, 3.63) is 28.8 Å². The van der Waals surface area contributed by atoms with Gasteiger partial charge in [0.05, 0.1) is 23.9 Å². The van der Waals surface area contributed by atoms with Gasteiger partial charge in [-0.1, -0.05) is 17.7 Å². The molecule has 5 heteroatoms. The summed E-state index contributed by atoms with van der Waals surface area (Å²) in [6.07, 6.45) is 0. The average Bonchev–Trinajstić information content (AvgIpc) is 2.46. The molecule has 21 heavy (non-hydrogen) atoms. The van der Waals surface area contributed by atoms with Crippen LogP contribution in [0.1, 0.15) is 32.4 Å². The van der Waals surface area contributed by atoms with Crippen molar-refractivity contribution in [1.29, 1.82) is 0 Å². The van der Waals surface area contributed by atoms with Crippen LogP contribution in [-0.2, 0) is 9.47 Å². The second kappa shape index (κ2) is 10.0. The third-order valence-electron chi connectivity index (χ3n) is 3.26. The molecular weight excluding hydrogens is 288 g/mol. The zero-order valence-electron chi connectivity index (χ0n) is 13.3. The molecule has 0 fully saturated rings. The molecule has 0 aliphatic heterocycles. The van der Waals surface area contributed by atoms with E-state index >= 15 is 0 Å². The minimum atomic E-state index is -0.0168. The Bertz CT molecular complexity index is 403. The number of hydrogen-bond donors (Lipinski definition) is 1. The summed E-state index contributed by atoms with van der Waals surface area (Å²) in [5.74, 6) is 0. The number of rotatable bonds is 10. The van der Waals surface area contributed by atoms with Gasteiger partial charge < -0.3 is 20.1 Å². The van der Waals surface area contributed by atoms with E-state index in [-0.39, 0.29) is 6.04 Å². The van der Waals surface area contributed by atoms with E-state index in [2.05, 4.69) is 4.90 Å². The largest absolute Gasteiger partial charge is 0.380 e. The predicted octanol–water partition coefficient (Wildman–Crippen LogP) is 3.24. The molecule has 0 saturated heterocycles. The lowest BCUT2D eigenvalue weighted by atomic mass is 10.1. The van der Waals surface area contributed by atoms with E-state index in [9.17, 15) is 0 Å². The molecule has 1 rings (SSSR count). The normalized spacial score (nSPS) is 12.4. The Labute approximate surface area is 133 Å². The van der Waals surface area contributed by atoms with Gasteiger partial charge in [0.1, 0.15) is 0 Å². The highest BCUT2D eigenvalue weighted by Crippen LogP contribution is 2.28. The number of halogens is 1. The topological polar surface area (TPSA) is 47.7 Å². The monoisotopic (exact) mass is 314 g/mol. The van der Waals surface area contributed by atoms with Crippen LogP contribution in [0.5, 0.6) is 0 Å². The molecule has 4 nitrogen and oxygen atoms in total. The van der Waals surface area contributed by atoms with Gasteiger partial charge in [-0.15, -0.1) is 0 Å². The third-order valence-corrected chi connectivity index (χ3v) is 3.56. The molecule has 0 spiro atoms. The molecule has 120 valence electrons. The zero-order valence-corrected chi connectivity index (χ0v) is 14.0. The fourth-order valence-corrected chi connectivity index (χ4v) is 2.36. The Morgan fingerprint density at radius 2 is 1.71 bits per heavy atom. The van der Waals surface area contributed by atoms with Crippen molar-refractivity contribution in [2.75, 3.05) is 44.4 Å². The van der Waals surface area contributed by atoms with Gasteiger partial charge in [0.15, 0.2) is 0 Å². The van der Waals surface area contributed by atoms with Crippen LogP contribution in [0.15, 0.2) is 18.2 Å². The Hall–Kier alpha value is -0.810. The number of hydrogen-bond acceptors (Lipinski definition) is 4. The fraction of sp³-hybridized carbons (Fsp3) is 0.625. The van der Waals surface area contributed by atoms with Gasteiger partial charge in [-0.3, -0.25) is 0 Å². The van der Waals surface area contributed by atoms with E-state index in [0.29, 0.717) is 13.2 Å². The predicted molar refractivity (Wildman–Crippen MR) is 89.3 cm³/mol. The Morgan fingerprint density at radius 3 is 2.14 bits per heavy atom. The first-order chi connectivity index (χ1) is 10.1. The number of ether oxygens (including phenoxy) is 2. The molecule has 0 aliphatic rings. The summed E-state index contributed by atoms with van der Waals surface area (Å²) < 4.78 is 10.9. The molecule has 2 N–H and O–H groups in total. The number of anilines is 1. The molecule has 0 aliphatic carbocycles. The van der Waals surface area contributed by atoms with Crippen molar-refractivity contribution in [3.8, 4) is 0 Å². The molecule has 0 amide bonds. The molecule has 0 heterocycles. The highest BCUT2D eigenvalue weighted by molar-refractivity contribution is 6.33. The lowest BCUT2D eigenvalue weighted by molar-refractivity contribution is 0.141. The van der Waals surface area contributed by atoms with Crippen molar-refractivity contribution in [2.24, 2.45) is 5.73 Å². The van der Waals surface area contributed by atoms with Gasteiger partial charge in [0, 0.05) is 32.3 Å². The highest BCUT2D eigenvalue weighted by Gasteiger charge is 2.12. The van der Waals surface area contributed by atoms with Crippen molar-refractivity contribution >= 4 is 17.3 Å². The number of nitrogens with two attached hydrogens (primary N) is 1. The molecule has 0 saturated carbocycles. The van der Waals surface area contributed by atoms with E-state index < -0.39 is 0 Å². The van der Waals surface area contributed by atoms with E-state index in [0.717, 1.165) is 42.6 Å². The molecule has 1 unspecified atom stereocenters. The standard InChI is InChI=1S/C16H27ClN2O2/c1-4-20-10-8-19(9-11-21-5-2)16-7-6-14(13(3)18)12-15(16)17/h6-7,12-13H,4-5,8-11,18H2,1-3H3. The van der Waals surface area contributed by atoms with Gasteiger partial charge in [0.2, 0.25) is 0 Å². The van der Waals surface area contributed by atoms with Gasteiger partial charge in [-0.2, -0.15) is 0 Å². The van der Waals surface area contributed by atoms with Crippen LogP contribution in [0.2, 0.25) is 5.02 Å². The van der Waals surface area contributed by atoms with E-state index in [1.165, 1.54) is 0 Å². The molecule has 1 aromatic rings. The second-order valence-electron chi connectivity index (χ2n) is 4.88. The van der Waals surface area contributed by atoms with Gasteiger partial charge in [-0.25, -0.2) is 0 Å². The zero-order chi connectivity index (χ0) is 15.7. The SMILES string of the molecule is CCOCCN(CCOCC)c1ccc(C(C)N)cc1Cl. The highest BCUT2D eigenvalue weighted by atomic mass is 35.5.